The Labute approximate surface area is 191 Å². The number of fused-ring (bicyclic) bond motifs is 1. The largest absolute Gasteiger partial charge is 0.455 e. The fourth-order valence-corrected chi connectivity index (χ4v) is 4.82. The molecule has 1 aliphatic carbocycles. The summed E-state index contributed by atoms with van der Waals surface area (Å²) in [7, 11) is 0.878. The highest BCUT2D eigenvalue weighted by atomic mass is 19.4. The third-order valence-electron chi connectivity index (χ3n) is 6.64. The minimum Gasteiger partial charge on any atom is -0.455 e. The van der Waals surface area contributed by atoms with E-state index in [1.165, 1.54) is 24.3 Å². The SMILES string of the molecule is CO[C@@](C(=O)O[C@H]1CC[C@](C)(c2ccccc2)c2ccccc21)(c1ccccc1)C(F)(F)F. The summed E-state index contributed by atoms with van der Waals surface area (Å²) in [5, 5.41) is 0. The molecule has 0 unspecified atom stereocenters. The van der Waals surface area contributed by atoms with Crippen molar-refractivity contribution in [1.82, 2.24) is 0 Å². The van der Waals surface area contributed by atoms with Gasteiger partial charge in [-0.05, 0) is 29.5 Å². The molecule has 172 valence electrons. The van der Waals surface area contributed by atoms with Gasteiger partial charge in [-0.1, -0.05) is 91.9 Å². The molecule has 0 saturated heterocycles. The van der Waals surface area contributed by atoms with Gasteiger partial charge < -0.3 is 9.47 Å². The van der Waals surface area contributed by atoms with Gasteiger partial charge in [0.15, 0.2) is 0 Å². The van der Waals surface area contributed by atoms with Crippen molar-refractivity contribution in [3.8, 4) is 0 Å². The van der Waals surface area contributed by atoms with E-state index in [4.69, 9.17) is 9.47 Å². The molecule has 3 aromatic carbocycles. The van der Waals surface area contributed by atoms with Crippen LogP contribution in [0.2, 0.25) is 0 Å². The average Bonchev–Trinajstić information content (AvgIpc) is 2.82. The van der Waals surface area contributed by atoms with Crippen LogP contribution in [0.5, 0.6) is 0 Å². The Morgan fingerprint density at radius 2 is 1.48 bits per heavy atom. The molecule has 0 amide bonds. The number of methoxy groups -OCH3 is 1. The molecule has 0 aliphatic heterocycles. The number of carbonyl (C=O) groups excluding carboxylic acids is 1. The molecular weight excluding hydrogens is 429 g/mol. The van der Waals surface area contributed by atoms with E-state index in [1.807, 2.05) is 48.5 Å². The van der Waals surface area contributed by atoms with E-state index in [2.05, 4.69) is 6.92 Å². The topological polar surface area (TPSA) is 35.5 Å². The van der Waals surface area contributed by atoms with Crippen molar-refractivity contribution in [3.05, 3.63) is 107 Å². The first-order valence-corrected chi connectivity index (χ1v) is 10.8. The lowest BCUT2D eigenvalue weighted by molar-refractivity contribution is -0.278. The van der Waals surface area contributed by atoms with Gasteiger partial charge in [0.1, 0.15) is 6.10 Å². The van der Waals surface area contributed by atoms with Crippen LogP contribution in [0, 0.1) is 0 Å². The van der Waals surface area contributed by atoms with Crippen LogP contribution in [-0.4, -0.2) is 19.3 Å². The molecular formula is C27H25F3O3. The Hall–Kier alpha value is -3.12. The average molecular weight is 454 g/mol. The number of hydrogen-bond acceptors (Lipinski definition) is 3. The van der Waals surface area contributed by atoms with Crippen molar-refractivity contribution < 1.29 is 27.4 Å². The van der Waals surface area contributed by atoms with Crippen molar-refractivity contribution in [3.63, 3.8) is 0 Å². The summed E-state index contributed by atoms with van der Waals surface area (Å²) in [6, 6.07) is 24.3. The van der Waals surface area contributed by atoms with E-state index in [9.17, 15) is 18.0 Å². The van der Waals surface area contributed by atoms with Crippen LogP contribution in [0.3, 0.4) is 0 Å². The second-order valence-corrected chi connectivity index (χ2v) is 8.47. The van der Waals surface area contributed by atoms with E-state index in [0.29, 0.717) is 18.4 Å². The molecule has 33 heavy (non-hydrogen) atoms. The van der Waals surface area contributed by atoms with Crippen molar-refractivity contribution in [2.24, 2.45) is 0 Å². The van der Waals surface area contributed by atoms with Crippen molar-refractivity contribution in [2.45, 2.75) is 43.1 Å². The molecule has 3 aromatic rings. The molecule has 4 rings (SSSR count). The number of halogens is 3. The molecule has 0 radical (unpaired) electrons. The lowest BCUT2D eigenvalue weighted by Crippen LogP contribution is -2.52. The van der Waals surface area contributed by atoms with E-state index in [0.717, 1.165) is 18.2 Å². The van der Waals surface area contributed by atoms with Gasteiger partial charge in [-0.3, -0.25) is 0 Å². The minimum absolute atomic E-state index is 0.316. The first kappa shape index (κ1) is 23.1. The summed E-state index contributed by atoms with van der Waals surface area (Å²) in [5.74, 6) is -1.47. The summed E-state index contributed by atoms with van der Waals surface area (Å²) in [4.78, 5) is 13.2. The summed E-state index contributed by atoms with van der Waals surface area (Å²) in [5.41, 5.74) is -1.11. The van der Waals surface area contributed by atoms with Gasteiger partial charge in [-0.25, -0.2) is 4.79 Å². The van der Waals surface area contributed by atoms with Gasteiger partial charge in [0.25, 0.3) is 5.60 Å². The Morgan fingerprint density at radius 3 is 2.09 bits per heavy atom. The maximum Gasteiger partial charge on any atom is 0.432 e. The van der Waals surface area contributed by atoms with Crippen molar-refractivity contribution >= 4 is 5.97 Å². The molecule has 3 atom stereocenters. The number of alkyl halides is 3. The fourth-order valence-electron chi connectivity index (χ4n) is 4.82. The number of esters is 1. The number of ether oxygens (including phenoxy) is 2. The zero-order valence-corrected chi connectivity index (χ0v) is 18.4. The monoisotopic (exact) mass is 454 g/mol. The first-order valence-electron chi connectivity index (χ1n) is 10.8. The van der Waals surface area contributed by atoms with Crippen LogP contribution in [0.15, 0.2) is 84.9 Å². The van der Waals surface area contributed by atoms with Gasteiger partial charge in [-0.2, -0.15) is 13.2 Å². The number of carbonyl (C=O) groups is 1. The summed E-state index contributed by atoms with van der Waals surface area (Å²) in [6.07, 6.45) is -4.82. The summed E-state index contributed by atoms with van der Waals surface area (Å²) in [6.45, 7) is 2.11. The highest BCUT2D eigenvalue weighted by molar-refractivity contribution is 5.83. The zero-order chi connectivity index (χ0) is 23.7. The Morgan fingerprint density at radius 1 is 0.909 bits per heavy atom. The Balaban J connectivity index is 1.73. The van der Waals surface area contributed by atoms with E-state index >= 15 is 0 Å². The lowest BCUT2D eigenvalue weighted by Gasteiger charge is -2.41. The molecule has 0 N–H and O–H groups in total. The van der Waals surface area contributed by atoms with Crippen molar-refractivity contribution in [1.29, 1.82) is 0 Å². The molecule has 0 aromatic heterocycles. The third-order valence-corrected chi connectivity index (χ3v) is 6.64. The number of rotatable bonds is 5. The molecule has 0 heterocycles. The predicted octanol–water partition coefficient (Wildman–Crippen LogP) is 6.47. The van der Waals surface area contributed by atoms with Gasteiger partial charge in [0.2, 0.25) is 0 Å². The quantitative estimate of drug-likeness (QED) is 0.414. The molecule has 0 saturated carbocycles. The third kappa shape index (κ3) is 3.82. The second kappa shape index (κ2) is 8.67. The molecule has 0 spiro atoms. The fraction of sp³-hybridized carbons (Fsp3) is 0.296. The lowest BCUT2D eigenvalue weighted by atomic mass is 9.66. The maximum atomic E-state index is 14.3. The van der Waals surface area contributed by atoms with Crippen molar-refractivity contribution in [2.75, 3.05) is 7.11 Å². The molecule has 3 nitrogen and oxygen atoms in total. The van der Waals surface area contributed by atoms with Crippen LogP contribution in [0.25, 0.3) is 0 Å². The van der Waals surface area contributed by atoms with Gasteiger partial charge >= 0.3 is 12.1 Å². The van der Waals surface area contributed by atoms with Crippen LogP contribution in [0.4, 0.5) is 13.2 Å². The van der Waals surface area contributed by atoms with E-state index in [1.54, 1.807) is 12.1 Å². The van der Waals surface area contributed by atoms with E-state index < -0.39 is 23.9 Å². The van der Waals surface area contributed by atoms with Gasteiger partial charge in [0, 0.05) is 18.1 Å². The minimum atomic E-state index is -5.01. The number of benzene rings is 3. The highest BCUT2D eigenvalue weighted by Crippen LogP contribution is 2.49. The van der Waals surface area contributed by atoms with Crippen LogP contribution in [-0.2, 0) is 25.3 Å². The van der Waals surface area contributed by atoms with Crippen LogP contribution >= 0.6 is 0 Å². The Bertz CT molecular complexity index is 1110. The highest BCUT2D eigenvalue weighted by Gasteiger charge is 2.64. The normalized spacial score (nSPS) is 22.2. The van der Waals surface area contributed by atoms with Gasteiger partial charge in [0.05, 0.1) is 0 Å². The summed E-state index contributed by atoms with van der Waals surface area (Å²) >= 11 is 0. The predicted molar refractivity (Wildman–Crippen MR) is 119 cm³/mol. The first-order chi connectivity index (χ1) is 15.7. The van der Waals surface area contributed by atoms with Gasteiger partial charge in [-0.15, -0.1) is 0 Å². The maximum absolute atomic E-state index is 14.3. The van der Waals surface area contributed by atoms with E-state index in [-0.39, 0.29) is 11.0 Å². The van der Waals surface area contributed by atoms with Crippen LogP contribution < -0.4 is 0 Å². The number of hydrogen-bond donors (Lipinski definition) is 0. The smallest absolute Gasteiger partial charge is 0.432 e. The second-order valence-electron chi connectivity index (χ2n) is 8.47. The molecule has 0 bridgehead atoms. The zero-order valence-electron chi connectivity index (χ0n) is 18.4. The molecule has 0 fully saturated rings. The molecule has 6 heteroatoms. The standard InChI is InChI=1S/C27H25F3O3/c1-25(19-11-5-3-6-12-19)18-17-23(21-15-9-10-16-22(21)25)33-24(31)26(32-2,27(28,29)30)20-13-7-4-8-14-20/h3-16,23H,17-18H2,1-2H3/t23-,25+,26+/m0/s1. The Kier molecular flexibility index (Phi) is 6.06. The summed E-state index contributed by atoms with van der Waals surface area (Å²) < 4.78 is 53.3. The molecule has 1 aliphatic rings. The van der Waals surface area contributed by atoms with Crippen LogP contribution in [0.1, 0.15) is 48.1 Å².